The summed E-state index contributed by atoms with van der Waals surface area (Å²) in [4.78, 5) is 48.0. The summed E-state index contributed by atoms with van der Waals surface area (Å²) in [6, 6.07) is 0. The first-order chi connectivity index (χ1) is 12.1. The van der Waals surface area contributed by atoms with Crippen molar-refractivity contribution in [3.63, 3.8) is 0 Å². The number of ether oxygens (including phenoxy) is 5. The van der Waals surface area contributed by atoms with Gasteiger partial charge in [0, 0.05) is 32.6 Å². The second kappa shape index (κ2) is 9.59. The molecule has 1 rings (SSSR count). The molecule has 1 aliphatic heterocycles. The van der Waals surface area contributed by atoms with Gasteiger partial charge < -0.3 is 23.7 Å². The van der Waals surface area contributed by atoms with Crippen LogP contribution in [0.15, 0.2) is 5.11 Å². The molecule has 1 heterocycles. The Morgan fingerprint density at radius 2 is 1.38 bits per heavy atom. The Morgan fingerprint density at radius 3 is 1.85 bits per heavy atom. The van der Waals surface area contributed by atoms with E-state index in [4.69, 9.17) is 29.2 Å². The molecule has 12 nitrogen and oxygen atoms in total. The van der Waals surface area contributed by atoms with Gasteiger partial charge in [-0.15, -0.1) is 0 Å². The molecule has 0 N–H and O–H groups in total. The quantitative estimate of drug-likeness (QED) is 0.210. The molecule has 0 amide bonds. The van der Waals surface area contributed by atoms with E-state index in [-0.39, 0.29) is 6.61 Å². The van der Waals surface area contributed by atoms with E-state index in [0.717, 1.165) is 27.7 Å². The molecule has 0 bridgehead atoms. The van der Waals surface area contributed by atoms with Crippen molar-refractivity contribution in [2.24, 2.45) is 5.11 Å². The first kappa shape index (κ1) is 21.2. The van der Waals surface area contributed by atoms with Crippen LogP contribution in [0.5, 0.6) is 0 Å². The zero-order chi connectivity index (χ0) is 19.9. The normalized spacial score (nSPS) is 27.5. The van der Waals surface area contributed by atoms with Crippen molar-refractivity contribution in [2.75, 3.05) is 6.61 Å². The summed E-state index contributed by atoms with van der Waals surface area (Å²) < 4.78 is 25.6. The van der Waals surface area contributed by atoms with Crippen molar-refractivity contribution in [1.29, 1.82) is 0 Å². The smallest absolute Gasteiger partial charge is 0.303 e. The van der Waals surface area contributed by atoms with Gasteiger partial charge >= 0.3 is 23.9 Å². The van der Waals surface area contributed by atoms with Crippen molar-refractivity contribution in [3.8, 4) is 0 Å². The molecular formula is C14H19N3O9. The lowest BCUT2D eigenvalue weighted by atomic mass is 9.97. The Bertz CT molecular complexity index is 617. The number of nitrogens with zero attached hydrogens (tertiary/aromatic N) is 3. The minimum atomic E-state index is -1.40. The highest BCUT2D eigenvalue weighted by Gasteiger charge is 2.51. The summed E-state index contributed by atoms with van der Waals surface area (Å²) >= 11 is 0. The number of hydrogen-bond acceptors (Lipinski definition) is 10. The van der Waals surface area contributed by atoms with E-state index < -0.39 is 54.5 Å². The molecule has 12 heteroatoms. The van der Waals surface area contributed by atoms with Crippen LogP contribution in [-0.2, 0) is 42.9 Å². The minimum absolute atomic E-state index is 0.380. The molecule has 1 saturated heterocycles. The molecule has 0 aromatic heterocycles. The van der Waals surface area contributed by atoms with Gasteiger partial charge in [-0.2, -0.15) is 0 Å². The van der Waals surface area contributed by atoms with Crippen LogP contribution in [0.4, 0.5) is 0 Å². The molecular weight excluding hydrogens is 354 g/mol. The molecule has 144 valence electrons. The molecule has 0 radical (unpaired) electrons. The van der Waals surface area contributed by atoms with E-state index in [1.807, 2.05) is 0 Å². The minimum Gasteiger partial charge on any atom is -0.463 e. The molecule has 0 spiro atoms. The first-order valence-electron chi connectivity index (χ1n) is 7.50. The Kier molecular flexibility index (Phi) is 7.81. The zero-order valence-corrected chi connectivity index (χ0v) is 14.6. The highest BCUT2D eigenvalue weighted by molar-refractivity contribution is 5.68. The van der Waals surface area contributed by atoms with E-state index in [1.165, 1.54) is 0 Å². The monoisotopic (exact) mass is 373 g/mol. The first-order valence-corrected chi connectivity index (χ1v) is 7.50. The van der Waals surface area contributed by atoms with Gasteiger partial charge in [-0.05, 0) is 5.53 Å². The summed E-state index contributed by atoms with van der Waals surface area (Å²) in [5.41, 5.74) is 8.71. The molecule has 0 aromatic carbocycles. The lowest BCUT2D eigenvalue weighted by Crippen LogP contribution is -2.61. The summed E-state index contributed by atoms with van der Waals surface area (Å²) in [5.74, 6) is -2.92. The van der Waals surface area contributed by atoms with Gasteiger partial charge in [0.1, 0.15) is 12.7 Å². The van der Waals surface area contributed by atoms with Crippen molar-refractivity contribution in [1.82, 2.24) is 0 Å². The molecule has 1 fully saturated rings. The number of carbonyl (C=O) groups excluding carboxylic acids is 4. The Morgan fingerprint density at radius 1 is 0.885 bits per heavy atom. The van der Waals surface area contributed by atoms with E-state index in [2.05, 4.69) is 10.0 Å². The van der Waals surface area contributed by atoms with Gasteiger partial charge in [0.15, 0.2) is 24.5 Å². The Labute approximate surface area is 148 Å². The highest BCUT2D eigenvalue weighted by Crippen LogP contribution is 2.29. The van der Waals surface area contributed by atoms with Crippen LogP contribution in [-0.4, -0.2) is 61.1 Å². The van der Waals surface area contributed by atoms with Gasteiger partial charge in [-0.25, -0.2) is 0 Å². The largest absolute Gasteiger partial charge is 0.463 e. The van der Waals surface area contributed by atoms with Gasteiger partial charge in [0.25, 0.3) is 0 Å². The third-order valence-electron chi connectivity index (χ3n) is 3.13. The Hall–Kier alpha value is -2.85. The third-order valence-corrected chi connectivity index (χ3v) is 3.13. The molecule has 3 unspecified atom stereocenters. The predicted octanol–water partition coefficient (Wildman–Crippen LogP) is 0.380. The third kappa shape index (κ3) is 6.22. The van der Waals surface area contributed by atoms with Crippen LogP contribution in [0.2, 0.25) is 0 Å². The number of esters is 4. The predicted molar refractivity (Wildman–Crippen MR) is 81.1 cm³/mol. The molecule has 0 saturated carbocycles. The van der Waals surface area contributed by atoms with E-state index in [0.29, 0.717) is 0 Å². The fourth-order valence-electron chi connectivity index (χ4n) is 2.35. The van der Waals surface area contributed by atoms with Crippen LogP contribution in [0.3, 0.4) is 0 Å². The lowest BCUT2D eigenvalue weighted by Gasteiger charge is -2.43. The van der Waals surface area contributed by atoms with Gasteiger partial charge in [-0.3, -0.25) is 19.2 Å². The van der Waals surface area contributed by atoms with Crippen LogP contribution < -0.4 is 0 Å². The second-order valence-corrected chi connectivity index (χ2v) is 5.29. The highest BCUT2D eigenvalue weighted by atomic mass is 16.7. The van der Waals surface area contributed by atoms with Crippen LogP contribution in [0, 0.1) is 0 Å². The molecule has 1 aliphatic rings. The van der Waals surface area contributed by atoms with Crippen molar-refractivity contribution >= 4 is 23.9 Å². The standard InChI is InChI=1S/C14H19N3O9/c1-6(18)22-5-10-11(23-7(2)19)12(24-8(3)20)13(25-9(4)21)14(26-10)16-17-15/h10-14H,5H2,1-4H3/t10?,11-,12?,13?,14+/m0/s1. The summed E-state index contributed by atoms with van der Waals surface area (Å²) in [5, 5.41) is 3.38. The van der Waals surface area contributed by atoms with E-state index in [9.17, 15) is 19.2 Å². The van der Waals surface area contributed by atoms with Crippen molar-refractivity contribution in [3.05, 3.63) is 10.4 Å². The number of carbonyl (C=O) groups is 4. The lowest BCUT2D eigenvalue weighted by molar-refractivity contribution is -0.251. The van der Waals surface area contributed by atoms with Gasteiger partial charge in [0.2, 0.25) is 0 Å². The van der Waals surface area contributed by atoms with Crippen LogP contribution in [0.25, 0.3) is 10.4 Å². The van der Waals surface area contributed by atoms with Gasteiger partial charge in [0.05, 0.1) is 0 Å². The molecule has 0 aromatic rings. The molecule has 26 heavy (non-hydrogen) atoms. The number of hydrogen-bond donors (Lipinski definition) is 0. The SMILES string of the molecule is CC(=O)OCC1O[C@@H](N=[N+]=[N-])C(OC(C)=O)C(OC(C)=O)[C@H]1OC(C)=O. The molecule has 5 atom stereocenters. The average molecular weight is 373 g/mol. The van der Waals surface area contributed by atoms with Gasteiger partial charge in [-0.1, -0.05) is 5.11 Å². The fourth-order valence-corrected chi connectivity index (χ4v) is 2.35. The van der Waals surface area contributed by atoms with Crippen molar-refractivity contribution in [2.45, 2.75) is 58.3 Å². The summed E-state index contributed by atoms with van der Waals surface area (Å²) in [7, 11) is 0. The zero-order valence-electron chi connectivity index (χ0n) is 14.6. The van der Waals surface area contributed by atoms with Crippen LogP contribution >= 0.6 is 0 Å². The maximum absolute atomic E-state index is 11.5. The number of azide groups is 1. The maximum atomic E-state index is 11.5. The Balaban J connectivity index is 3.28. The van der Waals surface area contributed by atoms with E-state index in [1.54, 1.807) is 0 Å². The maximum Gasteiger partial charge on any atom is 0.303 e. The molecule has 0 aliphatic carbocycles. The summed E-state index contributed by atoms with van der Waals surface area (Å²) in [6.07, 6.45) is -6.52. The van der Waals surface area contributed by atoms with E-state index >= 15 is 0 Å². The topological polar surface area (TPSA) is 163 Å². The number of rotatable bonds is 6. The van der Waals surface area contributed by atoms with Crippen LogP contribution in [0.1, 0.15) is 27.7 Å². The summed E-state index contributed by atoms with van der Waals surface area (Å²) in [6.45, 7) is 4.06. The second-order valence-electron chi connectivity index (χ2n) is 5.29. The fraction of sp³-hybridized carbons (Fsp3) is 0.714. The van der Waals surface area contributed by atoms with Crippen molar-refractivity contribution < 1.29 is 42.9 Å². The average Bonchev–Trinajstić information content (AvgIpc) is 2.50.